The van der Waals surface area contributed by atoms with E-state index in [0.717, 1.165) is 22.0 Å². The molecule has 1 amide bonds. The van der Waals surface area contributed by atoms with E-state index < -0.39 is 0 Å². The highest BCUT2D eigenvalue weighted by molar-refractivity contribution is 8.15. The largest absolute Gasteiger partial charge is 0.325 e. The molecule has 0 bridgehead atoms. The number of para-hydroxylation sites is 1. The minimum absolute atomic E-state index is 0.0591. The van der Waals surface area contributed by atoms with Crippen molar-refractivity contribution in [1.29, 1.82) is 0 Å². The van der Waals surface area contributed by atoms with E-state index in [2.05, 4.69) is 27.1 Å². The molecular formula is C19H18N4OS. The van der Waals surface area contributed by atoms with Crippen molar-refractivity contribution in [2.24, 2.45) is 10.2 Å². The summed E-state index contributed by atoms with van der Waals surface area (Å²) in [5, 5.41) is 12.0. The van der Waals surface area contributed by atoms with Gasteiger partial charge in [0.2, 0.25) is 5.91 Å². The van der Waals surface area contributed by atoms with Crippen LogP contribution in [0.4, 0.5) is 5.69 Å². The molecule has 1 aliphatic rings. The molecule has 2 heterocycles. The van der Waals surface area contributed by atoms with Gasteiger partial charge in [-0.25, -0.2) is 0 Å². The fourth-order valence-electron chi connectivity index (χ4n) is 2.37. The first-order valence-corrected chi connectivity index (χ1v) is 8.81. The topological polar surface area (TPSA) is 66.7 Å². The van der Waals surface area contributed by atoms with Crippen LogP contribution in [-0.2, 0) is 4.79 Å². The van der Waals surface area contributed by atoms with Gasteiger partial charge in [-0.2, -0.15) is 5.10 Å². The third-order valence-electron chi connectivity index (χ3n) is 3.61. The Labute approximate surface area is 151 Å². The van der Waals surface area contributed by atoms with Crippen molar-refractivity contribution in [3.8, 4) is 0 Å². The Morgan fingerprint density at radius 3 is 2.68 bits per heavy atom. The number of carbonyl (C=O) groups excluding carboxylic acids is 1. The van der Waals surface area contributed by atoms with Gasteiger partial charge < -0.3 is 5.32 Å². The second-order valence-electron chi connectivity index (χ2n) is 5.44. The van der Waals surface area contributed by atoms with Crippen molar-refractivity contribution >= 4 is 34.1 Å². The van der Waals surface area contributed by atoms with Crippen LogP contribution >= 0.6 is 11.8 Å². The van der Waals surface area contributed by atoms with E-state index in [1.54, 1.807) is 18.5 Å². The fourth-order valence-corrected chi connectivity index (χ4v) is 3.40. The smallest absolute Gasteiger partial charge is 0.238 e. The maximum Gasteiger partial charge on any atom is 0.238 e. The highest BCUT2D eigenvalue weighted by Gasteiger charge is 2.24. The fraction of sp³-hybridized carbons (Fsp3) is 0.158. The molecule has 0 spiro atoms. The summed E-state index contributed by atoms with van der Waals surface area (Å²) >= 11 is 1.44. The Hall–Kier alpha value is -2.73. The third-order valence-corrected chi connectivity index (χ3v) is 4.80. The molecule has 1 unspecified atom stereocenters. The lowest BCUT2D eigenvalue weighted by Crippen LogP contribution is -2.26. The van der Waals surface area contributed by atoms with Gasteiger partial charge in [-0.15, -0.1) is 11.7 Å². The monoisotopic (exact) mass is 350 g/mol. The summed E-state index contributed by atoms with van der Waals surface area (Å²) in [4.78, 5) is 16.6. The van der Waals surface area contributed by atoms with Crippen LogP contribution in [0.2, 0.25) is 0 Å². The normalized spacial score (nSPS) is 14.4. The molecule has 1 aromatic carbocycles. The Morgan fingerprint density at radius 1 is 1.20 bits per heavy atom. The predicted octanol–water partition coefficient (Wildman–Crippen LogP) is 3.90. The van der Waals surface area contributed by atoms with Crippen LogP contribution in [0.1, 0.15) is 18.4 Å². The third kappa shape index (κ3) is 4.64. The van der Waals surface area contributed by atoms with Crippen molar-refractivity contribution in [3.63, 3.8) is 0 Å². The molecule has 25 heavy (non-hydrogen) atoms. The molecule has 2 aromatic rings. The van der Waals surface area contributed by atoms with Crippen LogP contribution in [0.3, 0.4) is 0 Å². The number of hydrogen-bond acceptors (Lipinski definition) is 5. The number of benzene rings is 1. The Balaban J connectivity index is 1.61. The van der Waals surface area contributed by atoms with Gasteiger partial charge in [0.25, 0.3) is 0 Å². The highest BCUT2D eigenvalue weighted by atomic mass is 32.2. The second-order valence-corrected chi connectivity index (χ2v) is 6.72. The van der Waals surface area contributed by atoms with Crippen molar-refractivity contribution < 1.29 is 4.79 Å². The lowest BCUT2D eigenvalue weighted by molar-refractivity contribution is -0.115. The Morgan fingerprint density at radius 2 is 1.96 bits per heavy atom. The molecule has 126 valence electrons. The quantitative estimate of drug-likeness (QED) is 0.803. The summed E-state index contributed by atoms with van der Waals surface area (Å²) in [6.45, 7) is 3.76. The second kappa shape index (κ2) is 8.39. The molecule has 0 aliphatic carbocycles. The van der Waals surface area contributed by atoms with Crippen LogP contribution < -0.4 is 5.32 Å². The molecule has 1 atom stereocenters. The zero-order chi connectivity index (χ0) is 17.5. The number of nitrogens with zero attached hydrogens (tertiary/aromatic N) is 3. The van der Waals surface area contributed by atoms with E-state index in [1.807, 2.05) is 42.5 Å². The van der Waals surface area contributed by atoms with Gasteiger partial charge in [0.05, 0.1) is 11.0 Å². The standard InChI is InChI=1S/C19H18N4OS/c1-2-6-17(19(24)21-15-7-4-3-5-8-15)25-18-13-16(22-23-18)14-9-11-20-12-10-14/h2-5,7-12,17H,1,6,13H2,(H,21,24). The highest BCUT2D eigenvalue weighted by Crippen LogP contribution is 2.25. The predicted molar refractivity (Wildman–Crippen MR) is 104 cm³/mol. The molecule has 0 fully saturated rings. The average molecular weight is 350 g/mol. The number of aromatic nitrogens is 1. The van der Waals surface area contributed by atoms with Gasteiger partial charge >= 0.3 is 0 Å². The summed E-state index contributed by atoms with van der Waals surface area (Å²) in [6.07, 6.45) is 6.41. The summed E-state index contributed by atoms with van der Waals surface area (Å²) in [7, 11) is 0. The Bertz CT molecular complexity index is 803. The van der Waals surface area contributed by atoms with Crippen LogP contribution in [0.15, 0.2) is 77.7 Å². The maximum atomic E-state index is 12.6. The molecule has 3 rings (SSSR count). The number of carbonyl (C=O) groups is 1. The van der Waals surface area contributed by atoms with E-state index in [9.17, 15) is 4.79 Å². The number of allylic oxidation sites excluding steroid dienone is 1. The number of nitrogens with one attached hydrogen (secondary N) is 1. The number of hydrogen-bond donors (Lipinski definition) is 1. The number of pyridine rings is 1. The van der Waals surface area contributed by atoms with Crippen molar-refractivity contribution in [3.05, 3.63) is 73.1 Å². The number of rotatable bonds is 6. The zero-order valence-corrected chi connectivity index (χ0v) is 14.4. The van der Waals surface area contributed by atoms with Crippen LogP contribution in [-0.4, -0.2) is 26.9 Å². The van der Waals surface area contributed by atoms with E-state index in [4.69, 9.17) is 0 Å². The van der Waals surface area contributed by atoms with E-state index in [0.29, 0.717) is 12.8 Å². The van der Waals surface area contributed by atoms with Gasteiger partial charge in [-0.1, -0.05) is 36.0 Å². The Kier molecular flexibility index (Phi) is 5.74. The van der Waals surface area contributed by atoms with Gasteiger partial charge in [0.1, 0.15) is 5.04 Å². The molecule has 1 N–H and O–H groups in total. The first kappa shape index (κ1) is 17.1. The molecule has 5 nitrogen and oxygen atoms in total. The number of thioether (sulfide) groups is 1. The number of amides is 1. The van der Waals surface area contributed by atoms with Gasteiger partial charge in [-0.05, 0) is 30.7 Å². The minimum atomic E-state index is -0.288. The molecular weight excluding hydrogens is 332 g/mol. The van der Waals surface area contributed by atoms with E-state index in [1.165, 1.54) is 11.8 Å². The van der Waals surface area contributed by atoms with E-state index in [-0.39, 0.29) is 11.2 Å². The molecule has 0 radical (unpaired) electrons. The molecule has 0 saturated carbocycles. The van der Waals surface area contributed by atoms with Crippen molar-refractivity contribution in [1.82, 2.24) is 4.98 Å². The summed E-state index contributed by atoms with van der Waals surface area (Å²) in [6, 6.07) is 13.2. The van der Waals surface area contributed by atoms with E-state index >= 15 is 0 Å². The van der Waals surface area contributed by atoms with Crippen molar-refractivity contribution in [2.45, 2.75) is 18.1 Å². The van der Waals surface area contributed by atoms with Crippen molar-refractivity contribution in [2.75, 3.05) is 5.32 Å². The summed E-state index contributed by atoms with van der Waals surface area (Å²) in [5.41, 5.74) is 2.68. The summed E-state index contributed by atoms with van der Waals surface area (Å²) in [5.74, 6) is -0.0591. The lowest BCUT2D eigenvalue weighted by Gasteiger charge is -2.14. The molecule has 1 aliphatic heterocycles. The maximum absolute atomic E-state index is 12.6. The minimum Gasteiger partial charge on any atom is -0.325 e. The first-order chi connectivity index (χ1) is 12.3. The first-order valence-electron chi connectivity index (χ1n) is 7.93. The van der Waals surface area contributed by atoms with Gasteiger partial charge in [-0.3, -0.25) is 9.78 Å². The summed E-state index contributed by atoms with van der Waals surface area (Å²) < 4.78 is 0. The van der Waals surface area contributed by atoms with Crippen LogP contribution in [0, 0.1) is 0 Å². The van der Waals surface area contributed by atoms with Gasteiger partial charge in [0, 0.05) is 30.1 Å². The molecule has 6 heteroatoms. The van der Waals surface area contributed by atoms with Crippen LogP contribution in [0.5, 0.6) is 0 Å². The zero-order valence-electron chi connectivity index (χ0n) is 13.6. The van der Waals surface area contributed by atoms with Crippen LogP contribution in [0.25, 0.3) is 0 Å². The van der Waals surface area contributed by atoms with Gasteiger partial charge in [0.15, 0.2) is 0 Å². The SMILES string of the molecule is C=CCC(SC1=NN=C(c2ccncc2)C1)C(=O)Nc1ccccc1. The molecule has 0 saturated heterocycles. The molecule has 1 aromatic heterocycles. The number of anilines is 1. The average Bonchev–Trinajstić information content (AvgIpc) is 3.11. The lowest BCUT2D eigenvalue weighted by atomic mass is 10.1.